The maximum absolute atomic E-state index is 11.6. The van der Waals surface area contributed by atoms with Gasteiger partial charge in [0.15, 0.2) is 12.6 Å². The van der Waals surface area contributed by atoms with Crippen LogP contribution in [0.25, 0.3) is 0 Å². The van der Waals surface area contributed by atoms with Crippen molar-refractivity contribution in [3.8, 4) is 0 Å². The average molecular weight is 106 g/mol. The van der Waals surface area contributed by atoms with Crippen molar-refractivity contribution < 1.29 is 13.9 Å². The van der Waals surface area contributed by atoms with E-state index >= 15 is 0 Å². The summed E-state index contributed by atoms with van der Waals surface area (Å²) in [6, 6.07) is 0. The normalized spacial score (nSPS) is 26.6. The quantitative estimate of drug-likeness (QED) is 0.489. The molecule has 0 aromatic rings. The molecule has 3 heteroatoms. The van der Waals surface area contributed by atoms with Crippen LogP contribution in [0, 0.1) is 0 Å². The molecule has 0 saturated carbocycles. The summed E-state index contributed by atoms with van der Waals surface area (Å²) < 4.78 is 20.9. The lowest BCUT2D eigenvalue weighted by molar-refractivity contribution is -0.391. The second kappa shape index (κ2) is 1.42. The summed E-state index contributed by atoms with van der Waals surface area (Å²) in [7, 11) is 0. The molecule has 2 nitrogen and oxygen atoms in total. The molecule has 7 heavy (non-hydrogen) atoms. The maximum atomic E-state index is 11.6. The molecular weight excluding hydrogens is 99.0 g/mol. The molecule has 0 N–H and O–H groups in total. The van der Waals surface area contributed by atoms with E-state index in [-0.39, 0.29) is 6.79 Å². The molecule has 42 valence electrons. The van der Waals surface area contributed by atoms with Gasteiger partial charge in [-0.15, -0.1) is 0 Å². The van der Waals surface area contributed by atoms with Gasteiger partial charge < -0.3 is 9.47 Å². The molecule has 1 heterocycles. The summed E-state index contributed by atoms with van der Waals surface area (Å²) in [4.78, 5) is 0. The van der Waals surface area contributed by atoms with E-state index in [1.807, 2.05) is 0 Å². The summed E-state index contributed by atoms with van der Waals surface area (Å²) in [6.45, 7) is 1.24. The van der Waals surface area contributed by atoms with Crippen LogP contribution >= 0.6 is 0 Å². The second-order valence-electron chi connectivity index (χ2n) is 1.67. The van der Waals surface area contributed by atoms with Crippen LogP contribution in [-0.4, -0.2) is 19.3 Å². The third kappa shape index (κ3) is 0.737. The van der Waals surface area contributed by atoms with Crippen molar-refractivity contribution >= 4 is 0 Å². The number of halogens is 1. The first kappa shape index (κ1) is 5.00. The molecule has 0 aromatic carbocycles. The van der Waals surface area contributed by atoms with Gasteiger partial charge in [0.25, 0.3) is 0 Å². The predicted molar refractivity (Wildman–Crippen MR) is 21.4 cm³/mol. The second-order valence-corrected chi connectivity index (χ2v) is 1.67. The lowest BCUT2D eigenvalue weighted by atomic mass is 10.3. The summed E-state index contributed by atoms with van der Waals surface area (Å²) in [5.41, 5.74) is 0. The Labute approximate surface area is 41.2 Å². The van der Waals surface area contributed by atoms with Crippen molar-refractivity contribution in [3.63, 3.8) is 0 Å². The van der Waals surface area contributed by atoms with Gasteiger partial charge in [-0.3, -0.25) is 0 Å². The van der Waals surface area contributed by atoms with Gasteiger partial charge in [0.2, 0.25) is 0 Å². The van der Waals surface area contributed by atoms with Crippen molar-refractivity contribution in [1.29, 1.82) is 0 Å². The zero-order valence-electron chi connectivity index (χ0n) is 4.11. The van der Waals surface area contributed by atoms with Crippen LogP contribution < -0.4 is 0 Å². The topological polar surface area (TPSA) is 18.5 Å². The van der Waals surface area contributed by atoms with Gasteiger partial charge in [-0.1, -0.05) is 0 Å². The molecule has 0 atom stereocenters. The van der Waals surface area contributed by atoms with Crippen molar-refractivity contribution in [1.82, 2.24) is 0 Å². The Balaban J connectivity index is 2.29. The van der Waals surface area contributed by atoms with E-state index < -0.39 is 12.5 Å². The third-order valence-electron chi connectivity index (χ3n) is 0.971. The van der Waals surface area contributed by atoms with Gasteiger partial charge in [0.05, 0.1) is 0 Å². The molecule has 0 aliphatic carbocycles. The highest BCUT2D eigenvalue weighted by Crippen LogP contribution is 2.21. The molecule has 0 spiro atoms. The SMILES string of the molecule is CC1(CF)OCO1. The molecule has 1 saturated heterocycles. The average Bonchev–Trinajstić information content (AvgIpc) is 1.61. The van der Waals surface area contributed by atoms with Gasteiger partial charge in [-0.05, 0) is 6.92 Å². The Bertz CT molecular complexity index is 64.6. The molecule has 1 aliphatic rings. The number of rotatable bonds is 1. The molecule has 0 bridgehead atoms. The van der Waals surface area contributed by atoms with Crippen LogP contribution in [0.1, 0.15) is 6.92 Å². The first-order valence-corrected chi connectivity index (χ1v) is 2.11. The summed E-state index contributed by atoms with van der Waals surface area (Å²) in [5.74, 6) is -0.903. The summed E-state index contributed by atoms with van der Waals surface area (Å²) >= 11 is 0. The van der Waals surface area contributed by atoms with Gasteiger partial charge in [0.1, 0.15) is 6.67 Å². The van der Waals surface area contributed by atoms with Gasteiger partial charge in [-0.2, -0.15) is 0 Å². The Morgan fingerprint density at radius 2 is 2.29 bits per heavy atom. The number of ether oxygens (including phenoxy) is 2. The van der Waals surface area contributed by atoms with Gasteiger partial charge in [-0.25, -0.2) is 4.39 Å². The zero-order valence-corrected chi connectivity index (χ0v) is 4.11. The largest absolute Gasteiger partial charge is 0.321 e. The third-order valence-corrected chi connectivity index (χ3v) is 0.971. The van der Waals surface area contributed by atoms with Gasteiger partial charge in [0, 0.05) is 0 Å². The minimum atomic E-state index is -0.903. The predicted octanol–water partition coefficient (Wildman–Crippen LogP) is 0.676. The fraction of sp³-hybridized carbons (Fsp3) is 1.00. The summed E-state index contributed by atoms with van der Waals surface area (Å²) in [6.07, 6.45) is 0. The van der Waals surface area contributed by atoms with E-state index in [9.17, 15) is 4.39 Å². The molecule has 0 radical (unpaired) electrons. The Morgan fingerprint density at radius 1 is 1.71 bits per heavy atom. The Kier molecular flexibility index (Phi) is 1.01. The van der Waals surface area contributed by atoms with Crippen molar-refractivity contribution in [2.45, 2.75) is 12.7 Å². The molecular formula is C4H7FO2. The van der Waals surface area contributed by atoms with E-state index in [0.717, 1.165) is 0 Å². The fourth-order valence-electron chi connectivity index (χ4n) is 0.337. The van der Waals surface area contributed by atoms with Gasteiger partial charge >= 0.3 is 0 Å². The minimum Gasteiger partial charge on any atom is -0.321 e. The number of alkyl halides is 1. The van der Waals surface area contributed by atoms with Crippen LogP contribution in [0.5, 0.6) is 0 Å². The monoisotopic (exact) mass is 106 g/mol. The van der Waals surface area contributed by atoms with Crippen LogP contribution in [0.4, 0.5) is 4.39 Å². The van der Waals surface area contributed by atoms with E-state index in [2.05, 4.69) is 9.47 Å². The van der Waals surface area contributed by atoms with E-state index in [0.29, 0.717) is 0 Å². The smallest absolute Gasteiger partial charge is 0.199 e. The first-order chi connectivity index (χ1) is 3.27. The van der Waals surface area contributed by atoms with Crippen molar-refractivity contribution in [2.75, 3.05) is 13.5 Å². The van der Waals surface area contributed by atoms with Crippen molar-refractivity contribution in [3.05, 3.63) is 0 Å². The van der Waals surface area contributed by atoms with E-state index in [1.54, 1.807) is 6.92 Å². The van der Waals surface area contributed by atoms with Crippen LogP contribution in [0.2, 0.25) is 0 Å². The highest BCUT2D eigenvalue weighted by atomic mass is 19.1. The molecule has 1 aliphatic heterocycles. The maximum Gasteiger partial charge on any atom is 0.199 e. The summed E-state index contributed by atoms with van der Waals surface area (Å²) in [5, 5.41) is 0. The van der Waals surface area contributed by atoms with Crippen LogP contribution in [-0.2, 0) is 9.47 Å². The molecule has 1 fully saturated rings. The first-order valence-electron chi connectivity index (χ1n) is 2.11. The lowest BCUT2D eigenvalue weighted by Crippen LogP contribution is -2.45. The Morgan fingerprint density at radius 3 is 2.29 bits per heavy atom. The fourth-order valence-corrected chi connectivity index (χ4v) is 0.337. The lowest BCUT2D eigenvalue weighted by Gasteiger charge is -2.35. The highest BCUT2D eigenvalue weighted by molar-refractivity contribution is 4.64. The molecule has 0 aromatic heterocycles. The highest BCUT2D eigenvalue weighted by Gasteiger charge is 2.34. The van der Waals surface area contributed by atoms with E-state index in [4.69, 9.17) is 0 Å². The molecule has 1 rings (SSSR count). The van der Waals surface area contributed by atoms with Crippen LogP contribution in [0.3, 0.4) is 0 Å². The standard InChI is InChI=1S/C4H7FO2/c1-4(2-5)6-3-7-4/h2-3H2,1H3. The Hall–Kier alpha value is -0.150. The van der Waals surface area contributed by atoms with Crippen LogP contribution in [0.15, 0.2) is 0 Å². The number of hydrogen-bond donors (Lipinski definition) is 0. The zero-order chi connectivity index (χ0) is 5.33. The minimum absolute atomic E-state index is 0.237. The van der Waals surface area contributed by atoms with Crippen molar-refractivity contribution in [2.24, 2.45) is 0 Å². The molecule has 0 amide bonds. The number of hydrogen-bond acceptors (Lipinski definition) is 2. The van der Waals surface area contributed by atoms with E-state index in [1.165, 1.54) is 0 Å². The molecule has 0 unspecified atom stereocenters.